The molecule has 0 saturated heterocycles. The summed E-state index contributed by atoms with van der Waals surface area (Å²) in [6.07, 6.45) is 1.89. The molecular weight excluding hydrogens is 128 g/mol. The summed E-state index contributed by atoms with van der Waals surface area (Å²) >= 11 is 0. The molecule has 3 heteroatoms. The van der Waals surface area contributed by atoms with Gasteiger partial charge in [-0.25, -0.2) is 0 Å². The molecule has 10 heavy (non-hydrogen) atoms. The number of nitrogens with zero attached hydrogens (tertiary/aromatic N) is 1. The topological polar surface area (TPSA) is 46.3 Å². The third-order valence-corrected chi connectivity index (χ3v) is 1.27. The van der Waals surface area contributed by atoms with Gasteiger partial charge in [0.1, 0.15) is 0 Å². The zero-order valence-electron chi connectivity index (χ0n) is 6.79. The highest BCUT2D eigenvalue weighted by atomic mass is 16.1. The molecule has 0 aromatic carbocycles. The molecule has 1 radical (unpaired) electrons. The van der Waals surface area contributed by atoms with Crippen molar-refractivity contribution in [2.45, 2.75) is 6.92 Å². The molecule has 0 aliphatic heterocycles. The third kappa shape index (κ3) is 4.32. The quantitative estimate of drug-likeness (QED) is 0.596. The first kappa shape index (κ1) is 9.43. The lowest BCUT2D eigenvalue weighted by molar-refractivity contribution is -0.120. The summed E-state index contributed by atoms with van der Waals surface area (Å²) in [5.74, 6) is -0.385. The van der Waals surface area contributed by atoms with Gasteiger partial charge in [0.2, 0.25) is 5.91 Å². The summed E-state index contributed by atoms with van der Waals surface area (Å²) in [6.45, 7) is 2.59. The van der Waals surface area contributed by atoms with Gasteiger partial charge >= 0.3 is 0 Å². The van der Waals surface area contributed by atoms with E-state index in [-0.39, 0.29) is 11.8 Å². The number of carbonyl (C=O) groups is 1. The smallest absolute Gasteiger partial charge is 0.220 e. The Labute approximate surface area is 62.2 Å². The Morgan fingerprint density at radius 3 is 2.50 bits per heavy atom. The lowest BCUT2D eigenvalue weighted by Crippen LogP contribution is -2.25. The number of hydrogen-bond donors (Lipinski definition) is 1. The predicted molar refractivity (Wildman–Crippen MR) is 41.2 cm³/mol. The van der Waals surface area contributed by atoms with Crippen molar-refractivity contribution in [2.75, 3.05) is 20.6 Å². The molecular formula is C7H15N2O. The molecule has 59 valence electrons. The molecule has 0 rings (SSSR count). The summed E-state index contributed by atoms with van der Waals surface area (Å²) in [6, 6.07) is 0. The standard InChI is InChI=1S/C7H15N2O/c1-6(7(8)10)4-5-9(2)3/h4,6H,5H2,1-3H3,(H2,8,10). The maximum absolute atomic E-state index is 10.5. The van der Waals surface area contributed by atoms with Crippen LogP contribution in [0.4, 0.5) is 0 Å². The van der Waals surface area contributed by atoms with Crippen molar-refractivity contribution in [1.82, 2.24) is 4.90 Å². The van der Waals surface area contributed by atoms with E-state index in [1.807, 2.05) is 25.4 Å². The monoisotopic (exact) mass is 143 g/mol. The fourth-order valence-electron chi connectivity index (χ4n) is 0.485. The summed E-state index contributed by atoms with van der Waals surface area (Å²) in [4.78, 5) is 12.5. The predicted octanol–water partition coefficient (Wildman–Crippen LogP) is -0.126. The van der Waals surface area contributed by atoms with Crippen LogP contribution >= 0.6 is 0 Å². The Morgan fingerprint density at radius 1 is 1.70 bits per heavy atom. The van der Waals surface area contributed by atoms with Crippen LogP contribution in [0.2, 0.25) is 0 Å². The zero-order valence-corrected chi connectivity index (χ0v) is 6.79. The van der Waals surface area contributed by atoms with Crippen molar-refractivity contribution in [3.63, 3.8) is 0 Å². The number of nitrogens with two attached hydrogens (primary N) is 1. The molecule has 3 nitrogen and oxygen atoms in total. The van der Waals surface area contributed by atoms with Gasteiger partial charge in [-0.3, -0.25) is 4.79 Å². The lowest BCUT2D eigenvalue weighted by Gasteiger charge is -2.11. The van der Waals surface area contributed by atoms with Crippen molar-refractivity contribution >= 4 is 5.91 Å². The Morgan fingerprint density at radius 2 is 2.20 bits per heavy atom. The average molecular weight is 143 g/mol. The average Bonchev–Trinajstić information content (AvgIpc) is 1.82. The molecule has 0 spiro atoms. The van der Waals surface area contributed by atoms with Crippen molar-refractivity contribution in [2.24, 2.45) is 11.7 Å². The first-order chi connectivity index (χ1) is 4.54. The number of rotatable bonds is 4. The molecule has 0 aromatic heterocycles. The van der Waals surface area contributed by atoms with E-state index in [2.05, 4.69) is 0 Å². The van der Waals surface area contributed by atoms with Gasteiger partial charge in [-0.2, -0.15) is 0 Å². The highest BCUT2D eigenvalue weighted by Gasteiger charge is 2.07. The molecule has 0 bridgehead atoms. The third-order valence-electron chi connectivity index (χ3n) is 1.27. The van der Waals surface area contributed by atoms with Gasteiger partial charge in [-0.15, -0.1) is 0 Å². The highest BCUT2D eigenvalue weighted by Crippen LogP contribution is 1.98. The molecule has 1 unspecified atom stereocenters. The van der Waals surface area contributed by atoms with E-state index in [9.17, 15) is 4.79 Å². The van der Waals surface area contributed by atoms with Gasteiger partial charge in [0.05, 0.1) is 0 Å². The molecule has 1 atom stereocenters. The van der Waals surface area contributed by atoms with Gasteiger partial charge in [0.15, 0.2) is 0 Å². The van der Waals surface area contributed by atoms with E-state index in [0.717, 1.165) is 6.54 Å². The summed E-state index contributed by atoms with van der Waals surface area (Å²) in [5, 5.41) is 0. The van der Waals surface area contributed by atoms with Gasteiger partial charge in [0, 0.05) is 12.5 Å². The first-order valence-corrected chi connectivity index (χ1v) is 3.31. The lowest BCUT2D eigenvalue weighted by atomic mass is 10.1. The van der Waals surface area contributed by atoms with Crippen LogP contribution < -0.4 is 5.73 Å². The second-order valence-corrected chi connectivity index (χ2v) is 2.69. The maximum Gasteiger partial charge on any atom is 0.220 e. The Bertz CT molecular complexity index is 112. The molecule has 0 heterocycles. The Balaban J connectivity index is 3.40. The largest absolute Gasteiger partial charge is 0.369 e. The SMILES string of the molecule is CC([CH]CN(C)C)C(N)=O. The van der Waals surface area contributed by atoms with Crippen molar-refractivity contribution in [3.05, 3.63) is 6.42 Å². The fraction of sp³-hybridized carbons (Fsp3) is 0.714. The highest BCUT2D eigenvalue weighted by molar-refractivity contribution is 5.77. The van der Waals surface area contributed by atoms with Gasteiger partial charge in [0.25, 0.3) is 0 Å². The van der Waals surface area contributed by atoms with Crippen molar-refractivity contribution in [1.29, 1.82) is 0 Å². The number of amides is 1. The maximum atomic E-state index is 10.5. The van der Waals surface area contributed by atoms with Crippen molar-refractivity contribution < 1.29 is 4.79 Å². The normalized spacial score (nSPS) is 13.6. The van der Waals surface area contributed by atoms with E-state index in [0.29, 0.717) is 0 Å². The minimum atomic E-state index is -0.262. The molecule has 0 aliphatic rings. The minimum absolute atomic E-state index is 0.123. The van der Waals surface area contributed by atoms with Crippen LogP contribution in [0, 0.1) is 12.3 Å². The molecule has 0 saturated carbocycles. The van der Waals surface area contributed by atoms with Gasteiger partial charge in [-0.05, 0) is 20.5 Å². The van der Waals surface area contributed by atoms with Crippen LogP contribution in [0.15, 0.2) is 0 Å². The van der Waals surface area contributed by atoms with E-state index in [4.69, 9.17) is 5.73 Å². The summed E-state index contributed by atoms with van der Waals surface area (Å²) in [7, 11) is 3.90. The first-order valence-electron chi connectivity index (χ1n) is 3.31. The molecule has 0 aromatic rings. The Kier molecular flexibility index (Phi) is 4.03. The van der Waals surface area contributed by atoms with Crippen molar-refractivity contribution in [3.8, 4) is 0 Å². The summed E-state index contributed by atoms with van der Waals surface area (Å²) < 4.78 is 0. The Hall–Kier alpha value is -0.570. The van der Waals surface area contributed by atoms with Gasteiger partial charge < -0.3 is 10.6 Å². The second kappa shape index (κ2) is 4.28. The van der Waals surface area contributed by atoms with Crippen LogP contribution in [0.5, 0.6) is 0 Å². The van der Waals surface area contributed by atoms with E-state index >= 15 is 0 Å². The van der Waals surface area contributed by atoms with E-state index in [1.54, 1.807) is 6.92 Å². The summed E-state index contributed by atoms with van der Waals surface area (Å²) in [5.41, 5.74) is 5.03. The number of hydrogen-bond acceptors (Lipinski definition) is 2. The van der Waals surface area contributed by atoms with Gasteiger partial charge in [-0.1, -0.05) is 6.92 Å². The van der Waals surface area contributed by atoms with Crippen LogP contribution in [-0.2, 0) is 4.79 Å². The molecule has 0 aliphatic carbocycles. The molecule has 2 N–H and O–H groups in total. The van der Waals surface area contributed by atoms with E-state index < -0.39 is 0 Å². The number of primary amides is 1. The minimum Gasteiger partial charge on any atom is -0.369 e. The van der Waals surface area contributed by atoms with E-state index in [1.165, 1.54) is 0 Å². The van der Waals surface area contributed by atoms with Crippen LogP contribution in [0.25, 0.3) is 0 Å². The molecule has 0 fully saturated rings. The van der Waals surface area contributed by atoms with Crippen LogP contribution in [0.1, 0.15) is 6.92 Å². The fourth-order valence-corrected chi connectivity index (χ4v) is 0.485. The second-order valence-electron chi connectivity index (χ2n) is 2.69. The number of carbonyl (C=O) groups excluding carboxylic acids is 1. The van der Waals surface area contributed by atoms with Crippen LogP contribution in [-0.4, -0.2) is 31.4 Å². The zero-order chi connectivity index (χ0) is 8.15. The molecule has 1 amide bonds. The van der Waals surface area contributed by atoms with Crippen LogP contribution in [0.3, 0.4) is 0 Å².